The van der Waals surface area contributed by atoms with Crippen molar-refractivity contribution in [2.45, 2.75) is 23.8 Å². The van der Waals surface area contributed by atoms with Crippen molar-refractivity contribution in [1.29, 1.82) is 0 Å². The number of sulfonamides is 1. The molecule has 0 bridgehead atoms. The molecular weight excluding hydrogens is 294 g/mol. The molecule has 7 nitrogen and oxygen atoms in total. The van der Waals surface area contributed by atoms with Gasteiger partial charge in [0.1, 0.15) is 11.9 Å². The minimum Gasteiger partial charge on any atom is -0.284 e. The second kappa shape index (κ2) is 4.66. The molecule has 21 heavy (non-hydrogen) atoms. The maximum absolute atomic E-state index is 12.0. The summed E-state index contributed by atoms with van der Waals surface area (Å²) in [6.07, 6.45) is 0.507. The van der Waals surface area contributed by atoms with E-state index in [1.807, 2.05) is 0 Å². The molecule has 2 aliphatic rings. The predicted molar refractivity (Wildman–Crippen MR) is 74.1 cm³/mol. The van der Waals surface area contributed by atoms with E-state index in [-0.39, 0.29) is 29.5 Å². The fourth-order valence-electron chi connectivity index (χ4n) is 2.40. The minimum absolute atomic E-state index is 0.149. The number of aliphatic imine (C=N–C) groups is 1. The van der Waals surface area contributed by atoms with E-state index in [4.69, 9.17) is 0 Å². The van der Waals surface area contributed by atoms with E-state index in [1.54, 1.807) is 18.2 Å². The smallest absolute Gasteiger partial charge is 0.263 e. The lowest BCUT2D eigenvalue weighted by molar-refractivity contribution is -0.147. The highest BCUT2D eigenvalue weighted by Gasteiger charge is 2.35. The molecule has 0 aliphatic carbocycles. The maximum Gasteiger partial charge on any atom is 0.263 e. The van der Waals surface area contributed by atoms with Crippen LogP contribution in [0.5, 0.6) is 0 Å². The first-order chi connectivity index (χ1) is 9.90. The number of likely N-dealkylation sites (N-methyl/N-ethyl adjacent to an activating group) is 1. The van der Waals surface area contributed by atoms with Gasteiger partial charge in [0.05, 0.1) is 4.90 Å². The van der Waals surface area contributed by atoms with Gasteiger partial charge in [0, 0.05) is 19.0 Å². The van der Waals surface area contributed by atoms with Crippen molar-refractivity contribution in [1.82, 2.24) is 9.62 Å². The first kappa shape index (κ1) is 13.7. The van der Waals surface area contributed by atoms with Crippen molar-refractivity contribution in [2.75, 3.05) is 7.05 Å². The normalized spacial score (nSPS) is 25.9. The van der Waals surface area contributed by atoms with Gasteiger partial charge in [0.2, 0.25) is 5.91 Å². The van der Waals surface area contributed by atoms with Crippen LogP contribution in [0.4, 0.5) is 0 Å². The number of imide groups is 1. The molecule has 8 heteroatoms. The van der Waals surface area contributed by atoms with E-state index in [1.165, 1.54) is 13.1 Å². The number of nitrogens with one attached hydrogen (secondary N) is 1. The number of hydrogen-bond donors (Lipinski definition) is 1. The van der Waals surface area contributed by atoms with Crippen molar-refractivity contribution in [3.63, 3.8) is 0 Å². The number of carbonyl (C=O) groups is 2. The zero-order chi connectivity index (χ0) is 15.2. The lowest BCUT2D eigenvalue weighted by Gasteiger charge is -2.25. The van der Waals surface area contributed by atoms with E-state index in [0.29, 0.717) is 5.56 Å². The molecule has 2 heterocycles. The van der Waals surface area contributed by atoms with Gasteiger partial charge in [0.25, 0.3) is 15.9 Å². The molecule has 0 aromatic heterocycles. The van der Waals surface area contributed by atoms with E-state index in [2.05, 4.69) is 9.71 Å². The van der Waals surface area contributed by atoms with Crippen molar-refractivity contribution in [2.24, 2.45) is 4.99 Å². The predicted octanol–water partition coefficient (Wildman–Crippen LogP) is -0.128. The summed E-state index contributed by atoms with van der Waals surface area (Å²) in [7, 11) is -2.21. The Morgan fingerprint density at radius 2 is 2.00 bits per heavy atom. The standard InChI is InChI=1S/C13H13N3O4S/c1-16-11(17)7-6-9(13(16)18)14-12-8-4-2-3-5-10(8)21(19,20)15-12/h2-5,9H,6-7H2,1H3,(H,14,15). The van der Waals surface area contributed by atoms with Crippen LogP contribution in [0.15, 0.2) is 34.2 Å². The van der Waals surface area contributed by atoms with Crippen LogP contribution in [0.1, 0.15) is 18.4 Å². The number of fused-ring (bicyclic) bond motifs is 1. The SMILES string of the molecule is CN1C(=O)CCC(N=C2NS(=O)(=O)c3ccccc32)C1=O. The van der Waals surface area contributed by atoms with Gasteiger partial charge >= 0.3 is 0 Å². The van der Waals surface area contributed by atoms with Gasteiger partial charge in [0.15, 0.2) is 0 Å². The third-order valence-corrected chi connectivity index (χ3v) is 4.97. The number of nitrogens with zero attached hydrogens (tertiary/aromatic N) is 2. The van der Waals surface area contributed by atoms with Gasteiger partial charge in [-0.2, -0.15) is 0 Å². The fraction of sp³-hybridized carbons (Fsp3) is 0.308. The Morgan fingerprint density at radius 3 is 2.76 bits per heavy atom. The summed E-state index contributed by atoms with van der Waals surface area (Å²) in [5, 5.41) is 0. The van der Waals surface area contributed by atoms with Crippen LogP contribution in [0.3, 0.4) is 0 Å². The van der Waals surface area contributed by atoms with Gasteiger partial charge in [-0.15, -0.1) is 0 Å². The lowest BCUT2D eigenvalue weighted by atomic mass is 10.1. The number of carbonyl (C=O) groups excluding carboxylic acids is 2. The van der Waals surface area contributed by atoms with Gasteiger partial charge in [-0.25, -0.2) is 8.42 Å². The van der Waals surface area contributed by atoms with Gasteiger partial charge in [-0.05, 0) is 18.6 Å². The average molecular weight is 307 g/mol. The molecule has 110 valence electrons. The largest absolute Gasteiger partial charge is 0.284 e. The summed E-state index contributed by atoms with van der Waals surface area (Å²) in [6, 6.07) is 5.71. The summed E-state index contributed by atoms with van der Waals surface area (Å²) < 4.78 is 26.3. The second-order valence-corrected chi connectivity index (χ2v) is 6.58. The fourth-order valence-corrected chi connectivity index (χ4v) is 3.64. The molecule has 1 N–H and O–H groups in total. The summed E-state index contributed by atoms with van der Waals surface area (Å²) in [6.45, 7) is 0. The van der Waals surface area contributed by atoms with Crippen LogP contribution in [-0.4, -0.2) is 44.1 Å². The Morgan fingerprint density at radius 1 is 1.29 bits per heavy atom. The van der Waals surface area contributed by atoms with Gasteiger partial charge in [-0.3, -0.25) is 24.2 Å². The van der Waals surface area contributed by atoms with Crippen molar-refractivity contribution in [3.05, 3.63) is 29.8 Å². The highest BCUT2D eigenvalue weighted by molar-refractivity contribution is 7.90. The molecule has 3 rings (SSSR count). The summed E-state index contributed by atoms with van der Waals surface area (Å²) in [4.78, 5) is 28.9. The number of hydrogen-bond acceptors (Lipinski definition) is 5. The minimum atomic E-state index is -3.62. The summed E-state index contributed by atoms with van der Waals surface area (Å²) in [5.41, 5.74) is 0.449. The highest BCUT2D eigenvalue weighted by atomic mass is 32.2. The molecule has 0 radical (unpaired) electrons. The van der Waals surface area contributed by atoms with Gasteiger partial charge in [-0.1, -0.05) is 12.1 Å². The van der Waals surface area contributed by atoms with Crippen LogP contribution in [-0.2, 0) is 19.6 Å². The molecule has 2 aliphatic heterocycles. The number of benzene rings is 1. The van der Waals surface area contributed by atoms with Crippen LogP contribution in [0, 0.1) is 0 Å². The third kappa shape index (κ3) is 2.21. The Balaban J connectivity index is 1.99. The molecule has 0 saturated carbocycles. The number of piperidine rings is 1. The third-order valence-electron chi connectivity index (χ3n) is 3.57. The first-order valence-corrected chi connectivity index (χ1v) is 7.89. The van der Waals surface area contributed by atoms with E-state index < -0.39 is 22.0 Å². The van der Waals surface area contributed by atoms with E-state index in [9.17, 15) is 18.0 Å². The summed E-state index contributed by atoms with van der Waals surface area (Å²) in [5.74, 6) is -0.502. The topological polar surface area (TPSA) is 95.9 Å². The Hall–Kier alpha value is -2.22. The first-order valence-electron chi connectivity index (χ1n) is 6.40. The van der Waals surface area contributed by atoms with Crippen LogP contribution < -0.4 is 4.72 Å². The van der Waals surface area contributed by atoms with Crippen molar-refractivity contribution < 1.29 is 18.0 Å². The zero-order valence-electron chi connectivity index (χ0n) is 11.2. The number of amides is 2. The maximum atomic E-state index is 12.0. The molecule has 1 saturated heterocycles. The molecule has 1 aromatic carbocycles. The Labute approximate surface area is 121 Å². The summed E-state index contributed by atoms with van der Waals surface area (Å²) >= 11 is 0. The zero-order valence-corrected chi connectivity index (χ0v) is 12.1. The highest BCUT2D eigenvalue weighted by Crippen LogP contribution is 2.24. The van der Waals surface area contributed by atoms with E-state index >= 15 is 0 Å². The van der Waals surface area contributed by atoms with Crippen LogP contribution in [0.2, 0.25) is 0 Å². The van der Waals surface area contributed by atoms with Crippen LogP contribution in [0.25, 0.3) is 0 Å². The molecule has 1 unspecified atom stereocenters. The molecule has 1 fully saturated rings. The Kier molecular flexibility index (Phi) is 3.05. The Bertz CT molecular complexity index is 769. The lowest BCUT2D eigenvalue weighted by Crippen LogP contribution is -2.45. The molecule has 0 spiro atoms. The molecule has 1 aromatic rings. The monoisotopic (exact) mass is 307 g/mol. The molecule has 1 atom stereocenters. The van der Waals surface area contributed by atoms with Crippen LogP contribution >= 0.6 is 0 Å². The van der Waals surface area contributed by atoms with Crippen molar-refractivity contribution >= 4 is 27.7 Å². The number of likely N-dealkylation sites (tertiary alicyclic amines) is 1. The second-order valence-electron chi connectivity index (χ2n) is 4.92. The van der Waals surface area contributed by atoms with Gasteiger partial charge < -0.3 is 0 Å². The molecule has 2 amide bonds. The average Bonchev–Trinajstić information content (AvgIpc) is 2.72. The number of rotatable bonds is 1. The quantitative estimate of drug-likeness (QED) is 0.731. The molecular formula is C13H13N3O4S. The number of amidine groups is 1. The van der Waals surface area contributed by atoms with E-state index in [0.717, 1.165) is 4.90 Å². The van der Waals surface area contributed by atoms with Crippen molar-refractivity contribution in [3.8, 4) is 0 Å².